The highest BCUT2D eigenvalue weighted by atomic mass is 15.1. The van der Waals surface area contributed by atoms with Gasteiger partial charge < -0.3 is 10.6 Å². The third kappa shape index (κ3) is 2.52. The highest BCUT2D eigenvalue weighted by Gasteiger charge is 2.11. The third-order valence-corrected chi connectivity index (χ3v) is 3.27. The Bertz CT molecular complexity index is 458. The first-order valence-electron chi connectivity index (χ1n) is 6.20. The smallest absolute Gasteiger partial charge is 0.0458 e. The van der Waals surface area contributed by atoms with Gasteiger partial charge >= 0.3 is 0 Å². The van der Waals surface area contributed by atoms with Crippen LogP contribution in [0.15, 0.2) is 42.1 Å². The number of allylic oxidation sites excluding steroid dienone is 4. The monoisotopic (exact) mass is 228 g/mol. The van der Waals surface area contributed by atoms with Crippen LogP contribution in [0.3, 0.4) is 0 Å². The van der Waals surface area contributed by atoms with E-state index in [1.165, 1.54) is 16.9 Å². The molecule has 90 valence electrons. The third-order valence-electron chi connectivity index (χ3n) is 3.27. The Labute approximate surface area is 103 Å². The van der Waals surface area contributed by atoms with Gasteiger partial charge in [-0.25, -0.2) is 0 Å². The standard InChI is InChI=1S/C15H20N2/c1-3-12-9-10-13(16)11-15(12)17(2)14-7-5-4-6-8-14/h4-5,7,9-11H,3,6,8,16H2,1-2H3. The molecule has 0 radical (unpaired) electrons. The molecule has 0 spiro atoms. The molecular formula is C15H20N2. The van der Waals surface area contributed by atoms with Crippen molar-refractivity contribution in [3.8, 4) is 0 Å². The van der Waals surface area contributed by atoms with Crippen LogP contribution in [0.1, 0.15) is 25.3 Å². The molecule has 2 rings (SSSR count). The number of anilines is 2. The van der Waals surface area contributed by atoms with E-state index in [0.29, 0.717) is 0 Å². The van der Waals surface area contributed by atoms with Crippen molar-refractivity contribution in [1.82, 2.24) is 0 Å². The van der Waals surface area contributed by atoms with Gasteiger partial charge in [0.1, 0.15) is 0 Å². The van der Waals surface area contributed by atoms with Crippen LogP contribution >= 0.6 is 0 Å². The lowest BCUT2D eigenvalue weighted by atomic mass is 10.1. The van der Waals surface area contributed by atoms with E-state index in [2.05, 4.69) is 49.2 Å². The maximum Gasteiger partial charge on any atom is 0.0458 e. The summed E-state index contributed by atoms with van der Waals surface area (Å²) in [6, 6.07) is 6.17. The molecule has 0 heterocycles. The van der Waals surface area contributed by atoms with Crippen LogP contribution in [-0.4, -0.2) is 7.05 Å². The maximum absolute atomic E-state index is 5.89. The van der Waals surface area contributed by atoms with Crippen LogP contribution in [0.5, 0.6) is 0 Å². The second-order valence-corrected chi connectivity index (χ2v) is 4.43. The molecule has 2 heteroatoms. The summed E-state index contributed by atoms with van der Waals surface area (Å²) in [7, 11) is 2.12. The van der Waals surface area contributed by atoms with Gasteiger partial charge in [-0.05, 0) is 43.0 Å². The summed E-state index contributed by atoms with van der Waals surface area (Å²) < 4.78 is 0. The van der Waals surface area contributed by atoms with Gasteiger partial charge in [-0.2, -0.15) is 0 Å². The largest absolute Gasteiger partial charge is 0.399 e. The molecule has 1 aromatic carbocycles. The molecule has 1 aliphatic carbocycles. The lowest BCUT2D eigenvalue weighted by Crippen LogP contribution is -2.18. The van der Waals surface area contributed by atoms with Crippen LogP contribution in [-0.2, 0) is 6.42 Å². The summed E-state index contributed by atoms with van der Waals surface area (Å²) in [6.07, 6.45) is 9.78. The van der Waals surface area contributed by atoms with Gasteiger partial charge in [0.05, 0.1) is 0 Å². The molecule has 1 aromatic rings. The second-order valence-electron chi connectivity index (χ2n) is 4.43. The first-order chi connectivity index (χ1) is 8.22. The number of rotatable bonds is 3. The van der Waals surface area contributed by atoms with E-state index < -0.39 is 0 Å². The molecule has 0 amide bonds. The van der Waals surface area contributed by atoms with Gasteiger partial charge in [0.25, 0.3) is 0 Å². The maximum atomic E-state index is 5.89. The van der Waals surface area contributed by atoms with Crippen molar-refractivity contribution in [2.45, 2.75) is 26.2 Å². The van der Waals surface area contributed by atoms with E-state index in [4.69, 9.17) is 5.73 Å². The minimum atomic E-state index is 0.830. The molecule has 17 heavy (non-hydrogen) atoms. The summed E-state index contributed by atoms with van der Waals surface area (Å²) in [5.41, 5.74) is 10.6. The van der Waals surface area contributed by atoms with E-state index in [0.717, 1.165) is 24.9 Å². The van der Waals surface area contributed by atoms with Crippen molar-refractivity contribution in [1.29, 1.82) is 0 Å². The predicted molar refractivity (Wildman–Crippen MR) is 75.1 cm³/mol. The van der Waals surface area contributed by atoms with Crippen LogP contribution in [0.4, 0.5) is 11.4 Å². The number of hydrogen-bond donors (Lipinski definition) is 1. The Kier molecular flexibility index (Phi) is 3.52. The van der Waals surface area contributed by atoms with Gasteiger partial charge in [-0.3, -0.25) is 0 Å². The average molecular weight is 228 g/mol. The highest BCUT2D eigenvalue weighted by Crippen LogP contribution is 2.28. The first-order valence-corrected chi connectivity index (χ1v) is 6.20. The number of nitrogen functional groups attached to an aromatic ring is 1. The lowest BCUT2D eigenvalue weighted by molar-refractivity contribution is 0.890. The topological polar surface area (TPSA) is 29.3 Å². The summed E-state index contributed by atoms with van der Waals surface area (Å²) in [6.45, 7) is 2.18. The molecule has 0 atom stereocenters. The number of aryl methyl sites for hydroxylation is 1. The van der Waals surface area contributed by atoms with Gasteiger partial charge in [0.2, 0.25) is 0 Å². The Morgan fingerprint density at radius 1 is 1.35 bits per heavy atom. The number of hydrogen-bond acceptors (Lipinski definition) is 2. The van der Waals surface area contributed by atoms with Gasteiger partial charge in [0, 0.05) is 24.1 Å². The van der Waals surface area contributed by atoms with Crippen molar-refractivity contribution in [2.75, 3.05) is 17.7 Å². The molecule has 2 N–H and O–H groups in total. The van der Waals surface area contributed by atoms with Gasteiger partial charge in [-0.1, -0.05) is 25.1 Å². The summed E-state index contributed by atoms with van der Waals surface area (Å²) in [4.78, 5) is 2.26. The van der Waals surface area contributed by atoms with E-state index in [-0.39, 0.29) is 0 Å². The number of nitrogens with two attached hydrogens (primary N) is 1. The zero-order valence-corrected chi connectivity index (χ0v) is 10.6. The van der Waals surface area contributed by atoms with Crippen molar-refractivity contribution < 1.29 is 0 Å². The Hall–Kier alpha value is -1.70. The molecular weight excluding hydrogens is 208 g/mol. The molecule has 0 saturated carbocycles. The molecule has 0 aromatic heterocycles. The van der Waals surface area contributed by atoms with Crippen LogP contribution in [0.2, 0.25) is 0 Å². The molecule has 0 bridgehead atoms. The fraction of sp³-hybridized carbons (Fsp3) is 0.333. The van der Waals surface area contributed by atoms with Crippen molar-refractivity contribution in [3.63, 3.8) is 0 Å². The fourth-order valence-electron chi connectivity index (χ4n) is 2.22. The average Bonchev–Trinajstić information content (AvgIpc) is 2.39. The molecule has 0 saturated heterocycles. The summed E-state index contributed by atoms with van der Waals surface area (Å²) >= 11 is 0. The van der Waals surface area contributed by atoms with E-state index >= 15 is 0 Å². The predicted octanol–water partition coefficient (Wildman–Crippen LogP) is 3.50. The summed E-state index contributed by atoms with van der Waals surface area (Å²) in [5, 5.41) is 0. The van der Waals surface area contributed by atoms with Crippen molar-refractivity contribution in [3.05, 3.63) is 47.7 Å². The SMILES string of the molecule is CCc1ccc(N)cc1N(C)C1=CC=CCC1. The normalized spacial score (nSPS) is 14.6. The van der Waals surface area contributed by atoms with Crippen molar-refractivity contribution >= 4 is 11.4 Å². The van der Waals surface area contributed by atoms with Crippen LogP contribution < -0.4 is 10.6 Å². The zero-order chi connectivity index (χ0) is 12.3. The molecule has 2 nitrogen and oxygen atoms in total. The van der Waals surface area contributed by atoms with E-state index in [9.17, 15) is 0 Å². The van der Waals surface area contributed by atoms with Gasteiger partial charge in [-0.15, -0.1) is 0 Å². The minimum Gasteiger partial charge on any atom is -0.399 e. The van der Waals surface area contributed by atoms with Crippen LogP contribution in [0.25, 0.3) is 0 Å². The lowest BCUT2D eigenvalue weighted by Gasteiger charge is -2.26. The van der Waals surface area contributed by atoms with Gasteiger partial charge in [0.15, 0.2) is 0 Å². The Morgan fingerprint density at radius 2 is 2.18 bits per heavy atom. The van der Waals surface area contributed by atoms with Crippen molar-refractivity contribution in [2.24, 2.45) is 0 Å². The molecule has 1 aliphatic rings. The van der Waals surface area contributed by atoms with E-state index in [1.807, 2.05) is 6.07 Å². The number of benzene rings is 1. The zero-order valence-electron chi connectivity index (χ0n) is 10.6. The number of nitrogens with zero attached hydrogens (tertiary/aromatic N) is 1. The Balaban J connectivity index is 2.35. The molecule has 0 aliphatic heterocycles. The molecule has 0 unspecified atom stereocenters. The first kappa shape index (κ1) is 11.8. The molecule has 0 fully saturated rings. The quantitative estimate of drug-likeness (QED) is 0.802. The van der Waals surface area contributed by atoms with E-state index in [1.54, 1.807) is 0 Å². The second kappa shape index (κ2) is 5.09. The fourth-order valence-corrected chi connectivity index (χ4v) is 2.22. The minimum absolute atomic E-state index is 0.830. The Morgan fingerprint density at radius 3 is 2.82 bits per heavy atom. The summed E-state index contributed by atoms with van der Waals surface area (Å²) in [5.74, 6) is 0. The van der Waals surface area contributed by atoms with Crippen LogP contribution in [0, 0.1) is 0 Å². The highest BCUT2D eigenvalue weighted by molar-refractivity contribution is 5.64.